The van der Waals surface area contributed by atoms with Crippen molar-refractivity contribution in [2.75, 3.05) is 13.1 Å². The number of aliphatic carboxylic acids is 1. The SMILES string of the molecule is O=C(O)[C@@H]1CN(Cc2c(Cl)cncc2Cl)C[C@H]1C1CC1. The smallest absolute Gasteiger partial charge is 0.308 e. The first-order valence-electron chi connectivity index (χ1n) is 6.79. The van der Waals surface area contributed by atoms with Gasteiger partial charge in [-0.25, -0.2) is 0 Å². The largest absolute Gasteiger partial charge is 0.481 e. The van der Waals surface area contributed by atoms with Crippen molar-refractivity contribution >= 4 is 29.2 Å². The number of carbonyl (C=O) groups is 1. The van der Waals surface area contributed by atoms with Crippen LogP contribution in [0.15, 0.2) is 12.4 Å². The molecule has 0 aromatic carbocycles. The molecule has 1 aromatic rings. The van der Waals surface area contributed by atoms with Gasteiger partial charge in [0.15, 0.2) is 0 Å². The van der Waals surface area contributed by atoms with Crippen LogP contribution in [0.4, 0.5) is 0 Å². The lowest BCUT2D eigenvalue weighted by atomic mass is 9.92. The van der Waals surface area contributed by atoms with Gasteiger partial charge in [0.2, 0.25) is 0 Å². The molecule has 1 aromatic heterocycles. The summed E-state index contributed by atoms with van der Waals surface area (Å²) >= 11 is 12.3. The van der Waals surface area contributed by atoms with Crippen LogP contribution in [-0.4, -0.2) is 34.0 Å². The van der Waals surface area contributed by atoms with Gasteiger partial charge >= 0.3 is 5.97 Å². The molecule has 1 aliphatic heterocycles. The summed E-state index contributed by atoms with van der Waals surface area (Å²) in [5, 5.41) is 10.4. The van der Waals surface area contributed by atoms with E-state index in [0.29, 0.717) is 29.1 Å². The molecule has 0 unspecified atom stereocenters. The van der Waals surface area contributed by atoms with Crippen LogP contribution in [0.2, 0.25) is 10.0 Å². The Hall–Kier alpha value is -0.840. The van der Waals surface area contributed by atoms with Crippen molar-refractivity contribution < 1.29 is 9.90 Å². The van der Waals surface area contributed by atoms with Crippen LogP contribution in [0.25, 0.3) is 0 Å². The van der Waals surface area contributed by atoms with Gasteiger partial charge in [0.1, 0.15) is 0 Å². The number of rotatable bonds is 4. The van der Waals surface area contributed by atoms with E-state index in [9.17, 15) is 9.90 Å². The molecule has 0 radical (unpaired) electrons. The van der Waals surface area contributed by atoms with Gasteiger partial charge in [-0.05, 0) is 24.7 Å². The zero-order chi connectivity index (χ0) is 14.3. The maximum absolute atomic E-state index is 11.4. The summed E-state index contributed by atoms with van der Waals surface area (Å²) < 4.78 is 0. The molecule has 0 spiro atoms. The van der Waals surface area contributed by atoms with Gasteiger partial charge in [0, 0.05) is 37.6 Å². The Labute approximate surface area is 127 Å². The molecule has 2 heterocycles. The minimum Gasteiger partial charge on any atom is -0.481 e. The topological polar surface area (TPSA) is 53.4 Å². The summed E-state index contributed by atoms with van der Waals surface area (Å²) in [6.45, 7) is 1.98. The van der Waals surface area contributed by atoms with Crippen molar-refractivity contribution in [1.82, 2.24) is 9.88 Å². The van der Waals surface area contributed by atoms with Gasteiger partial charge in [0.25, 0.3) is 0 Å². The van der Waals surface area contributed by atoms with E-state index >= 15 is 0 Å². The molecule has 0 bridgehead atoms. The molecular formula is C14H16Cl2N2O2. The van der Waals surface area contributed by atoms with Gasteiger partial charge in [0.05, 0.1) is 16.0 Å². The lowest BCUT2D eigenvalue weighted by Crippen LogP contribution is -2.24. The van der Waals surface area contributed by atoms with Crippen molar-refractivity contribution in [3.8, 4) is 0 Å². The Morgan fingerprint density at radius 2 is 1.95 bits per heavy atom. The minimum absolute atomic E-state index is 0.262. The number of carboxylic acid groups (broad SMARTS) is 1. The summed E-state index contributed by atoms with van der Waals surface area (Å²) in [6.07, 6.45) is 5.48. The summed E-state index contributed by atoms with van der Waals surface area (Å²) in [7, 11) is 0. The van der Waals surface area contributed by atoms with Crippen molar-refractivity contribution in [1.29, 1.82) is 0 Å². The zero-order valence-electron chi connectivity index (χ0n) is 10.9. The molecule has 6 heteroatoms. The van der Waals surface area contributed by atoms with Crippen molar-refractivity contribution in [3.63, 3.8) is 0 Å². The predicted molar refractivity (Wildman–Crippen MR) is 76.9 cm³/mol. The van der Waals surface area contributed by atoms with Crippen molar-refractivity contribution in [2.24, 2.45) is 17.8 Å². The third-order valence-electron chi connectivity index (χ3n) is 4.32. The number of carboxylic acids is 1. The first-order valence-corrected chi connectivity index (χ1v) is 7.55. The number of hydrogen-bond acceptors (Lipinski definition) is 3. The number of pyridine rings is 1. The maximum atomic E-state index is 11.4. The van der Waals surface area contributed by atoms with E-state index in [4.69, 9.17) is 23.2 Å². The highest BCUT2D eigenvalue weighted by atomic mass is 35.5. The van der Waals surface area contributed by atoms with E-state index in [1.165, 1.54) is 12.8 Å². The highest BCUT2D eigenvalue weighted by Crippen LogP contribution is 2.44. The number of halogens is 2. The van der Waals surface area contributed by atoms with Crippen LogP contribution in [-0.2, 0) is 11.3 Å². The number of likely N-dealkylation sites (tertiary alicyclic amines) is 1. The molecule has 1 aliphatic carbocycles. The van der Waals surface area contributed by atoms with Crippen LogP contribution < -0.4 is 0 Å². The van der Waals surface area contributed by atoms with Gasteiger partial charge in [-0.2, -0.15) is 0 Å². The second-order valence-electron chi connectivity index (χ2n) is 5.72. The number of hydrogen-bond donors (Lipinski definition) is 1. The van der Waals surface area contributed by atoms with Crippen LogP contribution in [0.1, 0.15) is 18.4 Å². The fourth-order valence-electron chi connectivity index (χ4n) is 3.12. The molecule has 1 saturated carbocycles. The molecule has 2 atom stereocenters. The number of nitrogens with zero attached hydrogens (tertiary/aromatic N) is 2. The Morgan fingerprint density at radius 1 is 1.30 bits per heavy atom. The van der Waals surface area contributed by atoms with Crippen LogP contribution in [0.3, 0.4) is 0 Å². The molecule has 108 valence electrons. The second-order valence-corrected chi connectivity index (χ2v) is 6.54. The van der Waals surface area contributed by atoms with Crippen molar-refractivity contribution in [2.45, 2.75) is 19.4 Å². The molecule has 4 nitrogen and oxygen atoms in total. The van der Waals surface area contributed by atoms with Gasteiger partial charge in [-0.3, -0.25) is 14.7 Å². The zero-order valence-corrected chi connectivity index (χ0v) is 12.4. The predicted octanol–water partition coefficient (Wildman–Crippen LogP) is 2.93. The lowest BCUT2D eigenvalue weighted by Gasteiger charge is -2.17. The second kappa shape index (κ2) is 5.51. The van der Waals surface area contributed by atoms with Gasteiger partial charge in [-0.15, -0.1) is 0 Å². The first-order chi connectivity index (χ1) is 9.56. The normalized spacial score (nSPS) is 26.9. The summed E-state index contributed by atoms with van der Waals surface area (Å²) in [6, 6.07) is 0. The molecule has 0 amide bonds. The highest BCUT2D eigenvalue weighted by molar-refractivity contribution is 6.35. The molecule has 1 saturated heterocycles. The third kappa shape index (κ3) is 2.78. The van der Waals surface area contributed by atoms with Crippen LogP contribution in [0.5, 0.6) is 0 Å². The van der Waals surface area contributed by atoms with Gasteiger partial charge in [-0.1, -0.05) is 23.2 Å². The summed E-state index contributed by atoms with van der Waals surface area (Å²) in [5.74, 6) is -0.0883. The molecule has 3 rings (SSSR count). The van der Waals surface area contributed by atoms with Crippen molar-refractivity contribution in [3.05, 3.63) is 28.0 Å². The lowest BCUT2D eigenvalue weighted by molar-refractivity contribution is -0.142. The monoisotopic (exact) mass is 314 g/mol. The number of aromatic nitrogens is 1. The van der Waals surface area contributed by atoms with Crippen LogP contribution in [0, 0.1) is 17.8 Å². The highest BCUT2D eigenvalue weighted by Gasteiger charge is 2.45. The van der Waals surface area contributed by atoms with E-state index in [1.54, 1.807) is 12.4 Å². The summed E-state index contributed by atoms with van der Waals surface area (Å²) in [5.41, 5.74) is 0.837. The Kier molecular flexibility index (Phi) is 3.89. The molecule has 2 aliphatic rings. The Balaban J connectivity index is 1.74. The summed E-state index contributed by atoms with van der Waals surface area (Å²) in [4.78, 5) is 17.5. The van der Waals surface area contributed by atoms with E-state index in [0.717, 1.165) is 12.1 Å². The molecule has 2 fully saturated rings. The third-order valence-corrected chi connectivity index (χ3v) is 4.97. The quantitative estimate of drug-likeness (QED) is 0.928. The molecule has 20 heavy (non-hydrogen) atoms. The van der Waals surface area contributed by atoms with Gasteiger partial charge < -0.3 is 5.11 Å². The van der Waals surface area contributed by atoms with E-state index < -0.39 is 5.97 Å². The average Bonchev–Trinajstić information content (AvgIpc) is 3.15. The van der Waals surface area contributed by atoms with E-state index in [1.807, 2.05) is 0 Å². The average molecular weight is 315 g/mol. The Bertz CT molecular complexity index is 514. The minimum atomic E-state index is -0.684. The first kappa shape index (κ1) is 14.1. The maximum Gasteiger partial charge on any atom is 0.308 e. The Morgan fingerprint density at radius 3 is 2.50 bits per heavy atom. The van der Waals surface area contributed by atoms with Crippen LogP contribution >= 0.6 is 23.2 Å². The van der Waals surface area contributed by atoms with E-state index in [2.05, 4.69) is 9.88 Å². The van der Waals surface area contributed by atoms with E-state index in [-0.39, 0.29) is 11.8 Å². The molecular weight excluding hydrogens is 299 g/mol. The fraction of sp³-hybridized carbons (Fsp3) is 0.571. The standard InChI is InChI=1S/C14H16Cl2N2O2/c15-12-3-17-4-13(16)11(12)7-18-5-9(8-1-2-8)10(6-18)14(19)20/h3-4,8-10H,1-2,5-7H2,(H,19,20)/t9-,10+/m0/s1. The fourth-order valence-corrected chi connectivity index (χ4v) is 3.60. The molecule has 1 N–H and O–H groups in total.